The van der Waals surface area contributed by atoms with Crippen LogP contribution in [0.15, 0.2) is 18.2 Å². The molecule has 2 nitrogen and oxygen atoms in total. The number of β-amino-alcohol motifs (C(OH)–C–C–N with tert-alkyl or cyclic N) is 1. The molecule has 0 saturated carbocycles. The summed E-state index contributed by atoms with van der Waals surface area (Å²) in [7, 11) is 0. The molecule has 2 atom stereocenters. The minimum absolute atomic E-state index is 0.237. The van der Waals surface area contributed by atoms with Crippen LogP contribution >= 0.6 is 0 Å². The van der Waals surface area contributed by atoms with Crippen molar-refractivity contribution in [2.24, 2.45) is 0 Å². The molecule has 15 heavy (non-hydrogen) atoms. The standard InChI is InChI=1S/C13H19NO/c1-9-4-3-5-11(10(9)2)12-6-7-14-8-13(12)15/h3-5,12-15H,6-8H2,1-2H3/t12-,13+/m0/s1. The lowest BCUT2D eigenvalue weighted by molar-refractivity contribution is 0.118. The van der Waals surface area contributed by atoms with Gasteiger partial charge in [0.05, 0.1) is 6.10 Å². The number of rotatable bonds is 1. The largest absolute Gasteiger partial charge is 0.391 e. The van der Waals surface area contributed by atoms with Gasteiger partial charge in [-0.05, 0) is 43.5 Å². The van der Waals surface area contributed by atoms with E-state index in [-0.39, 0.29) is 6.10 Å². The molecule has 1 aromatic carbocycles. The molecule has 82 valence electrons. The fourth-order valence-electron chi connectivity index (χ4n) is 2.38. The smallest absolute Gasteiger partial charge is 0.0733 e. The number of hydrogen-bond donors (Lipinski definition) is 2. The molecule has 2 rings (SSSR count). The summed E-state index contributed by atoms with van der Waals surface area (Å²) in [6.45, 7) is 6.01. The van der Waals surface area contributed by atoms with E-state index >= 15 is 0 Å². The zero-order chi connectivity index (χ0) is 10.8. The maximum absolute atomic E-state index is 9.98. The Hall–Kier alpha value is -0.860. The van der Waals surface area contributed by atoms with E-state index in [1.165, 1.54) is 16.7 Å². The first-order valence-electron chi connectivity index (χ1n) is 5.65. The van der Waals surface area contributed by atoms with E-state index in [0.29, 0.717) is 5.92 Å². The van der Waals surface area contributed by atoms with Gasteiger partial charge in [-0.3, -0.25) is 0 Å². The van der Waals surface area contributed by atoms with Gasteiger partial charge >= 0.3 is 0 Å². The SMILES string of the molecule is Cc1cccc([C@@H]2CCNC[C@H]2O)c1C. The van der Waals surface area contributed by atoms with Crippen LogP contribution in [-0.4, -0.2) is 24.3 Å². The van der Waals surface area contributed by atoms with Crippen LogP contribution in [0.1, 0.15) is 29.0 Å². The van der Waals surface area contributed by atoms with Crippen LogP contribution in [0.25, 0.3) is 0 Å². The zero-order valence-corrected chi connectivity index (χ0v) is 9.46. The van der Waals surface area contributed by atoms with Gasteiger partial charge in [-0.2, -0.15) is 0 Å². The molecular weight excluding hydrogens is 186 g/mol. The van der Waals surface area contributed by atoms with Gasteiger partial charge in [0, 0.05) is 12.5 Å². The van der Waals surface area contributed by atoms with Crippen molar-refractivity contribution >= 4 is 0 Å². The minimum atomic E-state index is -0.237. The Morgan fingerprint density at radius 1 is 1.33 bits per heavy atom. The van der Waals surface area contributed by atoms with Gasteiger partial charge in [0.1, 0.15) is 0 Å². The topological polar surface area (TPSA) is 32.3 Å². The summed E-state index contributed by atoms with van der Waals surface area (Å²) in [6, 6.07) is 6.38. The van der Waals surface area contributed by atoms with E-state index in [1.54, 1.807) is 0 Å². The van der Waals surface area contributed by atoms with Crippen LogP contribution in [0, 0.1) is 13.8 Å². The Balaban J connectivity index is 2.31. The number of hydrogen-bond acceptors (Lipinski definition) is 2. The Labute approximate surface area is 91.3 Å². The molecule has 0 aromatic heterocycles. The lowest BCUT2D eigenvalue weighted by Gasteiger charge is -2.30. The van der Waals surface area contributed by atoms with E-state index < -0.39 is 0 Å². The van der Waals surface area contributed by atoms with Gasteiger partial charge < -0.3 is 10.4 Å². The van der Waals surface area contributed by atoms with Crippen LogP contribution < -0.4 is 5.32 Å². The summed E-state index contributed by atoms with van der Waals surface area (Å²) in [5.41, 5.74) is 3.98. The molecule has 1 aliphatic heterocycles. The molecule has 1 heterocycles. The molecule has 1 saturated heterocycles. The third-order valence-corrected chi connectivity index (χ3v) is 3.50. The lowest BCUT2D eigenvalue weighted by atomic mass is 9.84. The monoisotopic (exact) mass is 205 g/mol. The zero-order valence-electron chi connectivity index (χ0n) is 9.46. The number of aryl methyl sites for hydroxylation is 1. The molecule has 0 radical (unpaired) electrons. The molecule has 0 bridgehead atoms. The number of nitrogens with one attached hydrogen (secondary N) is 1. The summed E-state index contributed by atoms with van der Waals surface area (Å²) in [4.78, 5) is 0. The van der Waals surface area contributed by atoms with Crippen LogP contribution in [0.3, 0.4) is 0 Å². The summed E-state index contributed by atoms with van der Waals surface area (Å²) in [5.74, 6) is 0.311. The van der Waals surface area contributed by atoms with Crippen LogP contribution in [-0.2, 0) is 0 Å². The second-order valence-electron chi connectivity index (χ2n) is 4.46. The molecule has 0 aliphatic carbocycles. The van der Waals surface area contributed by atoms with Crippen molar-refractivity contribution in [3.05, 3.63) is 34.9 Å². The molecule has 0 amide bonds. The molecule has 1 fully saturated rings. The van der Waals surface area contributed by atoms with Crippen molar-refractivity contribution in [2.75, 3.05) is 13.1 Å². The third kappa shape index (κ3) is 2.06. The summed E-state index contributed by atoms with van der Waals surface area (Å²) >= 11 is 0. The van der Waals surface area contributed by atoms with Crippen LogP contribution in [0.2, 0.25) is 0 Å². The molecule has 1 aromatic rings. The predicted molar refractivity (Wildman–Crippen MR) is 62.2 cm³/mol. The van der Waals surface area contributed by atoms with Crippen molar-refractivity contribution in [2.45, 2.75) is 32.3 Å². The predicted octanol–water partition coefficient (Wildman–Crippen LogP) is 1.74. The van der Waals surface area contributed by atoms with Crippen LogP contribution in [0.4, 0.5) is 0 Å². The summed E-state index contributed by atoms with van der Waals surface area (Å²) in [5, 5.41) is 13.2. The first kappa shape index (κ1) is 10.7. The first-order chi connectivity index (χ1) is 7.20. The molecule has 0 unspecified atom stereocenters. The fourth-order valence-corrected chi connectivity index (χ4v) is 2.38. The highest BCUT2D eigenvalue weighted by molar-refractivity contribution is 5.36. The lowest BCUT2D eigenvalue weighted by Crippen LogP contribution is -2.39. The van der Waals surface area contributed by atoms with Crippen molar-refractivity contribution < 1.29 is 5.11 Å². The average molecular weight is 205 g/mol. The van der Waals surface area contributed by atoms with E-state index in [2.05, 4.69) is 37.4 Å². The van der Waals surface area contributed by atoms with Gasteiger partial charge in [-0.15, -0.1) is 0 Å². The third-order valence-electron chi connectivity index (χ3n) is 3.50. The Morgan fingerprint density at radius 2 is 2.13 bits per heavy atom. The maximum atomic E-state index is 9.98. The van der Waals surface area contributed by atoms with E-state index in [4.69, 9.17) is 0 Å². The second kappa shape index (κ2) is 4.33. The van der Waals surface area contributed by atoms with Gasteiger partial charge in [0.15, 0.2) is 0 Å². The number of aliphatic hydroxyl groups is 1. The maximum Gasteiger partial charge on any atom is 0.0733 e. The first-order valence-corrected chi connectivity index (χ1v) is 5.65. The van der Waals surface area contributed by atoms with Gasteiger partial charge in [0.25, 0.3) is 0 Å². The van der Waals surface area contributed by atoms with Crippen LogP contribution in [0.5, 0.6) is 0 Å². The summed E-state index contributed by atoms with van der Waals surface area (Å²) < 4.78 is 0. The highest BCUT2D eigenvalue weighted by Crippen LogP contribution is 2.29. The Bertz CT molecular complexity index is 348. The van der Waals surface area contributed by atoms with E-state index in [9.17, 15) is 5.11 Å². The van der Waals surface area contributed by atoms with Crippen molar-refractivity contribution in [3.8, 4) is 0 Å². The van der Waals surface area contributed by atoms with E-state index in [1.807, 2.05) is 0 Å². The fraction of sp³-hybridized carbons (Fsp3) is 0.538. The molecular formula is C13H19NO. The number of benzene rings is 1. The van der Waals surface area contributed by atoms with Crippen molar-refractivity contribution in [1.29, 1.82) is 0 Å². The summed E-state index contributed by atoms with van der Waals surface area (Å²) in [6.07, 6.45) is 0.796. The van der Waals surface area contributed by atoms with Gasteiger partial charge in [-0.25, -0.2) is 0 Å². The quantitative estimate of drug-likeness (QED) is 0.732. The average Bonchev–Trinajstić information content (AvgIpc) is 2.23. The van der Waals surface area contributed by atoms with Crippen molar-refractivity contribution in [3.63, 3.8) is 0 Å². The highest BCUT2D eigenvalue weighted by atomic mass is 16.3. The highest BCUT2D eigenvalue weighted by Gasteiger charge is 2.25. The number of aliphatic hydroxyl groups excluding tert-OH is 1. The molecule has 1 aliphatic rings. The Morgan fingerprint density at radius 3 is 2.87 bits per heavy atom. The molecule has 2 heteroatoms. The molecule has 2 N–H and O–H groups in total. The minimum Gasteiger partial charge on any atom is -0.391 e. The van der Waals surface area contributed by atoms with Gasteiger partial charge in [0.2, 0.25) is 0 Å². The van der Waals surface area contributed by atoms with Crippen molar-refractivity contribution in [1.82, 2.24) is 5.32 Å². The molecule has 0 spiro atoms. The number of piperidine rings is 1. The van der Waals surface area contributed by atoms with Gasteiger partial charge in [-0.1, -0.05) is 18.2 Å². The Kier molecular flexibility index (Phi) is 3.08. The normalized spacial score (nSPS) is 26.6. The van der Waals surface area contributed by atoms with E-state index in [0.717, 1.165) is 19.5 Å². The second-order valence-corrected chi connectivity index (χ2v) is 4.46.